The van der Waals surface area contributed by atoms with Gasteiger partial charge in [0.05, 0.1) is 50.5 Å². The van der Waals surface area contributed by atoms with Gasteiger partial charge < -0.3 is 126 Å². The fourth-order valence-corrected chi connectivity index (χ4v) is 11.9. The van der Waals surface area contributed by atoms with Gasteiger partial charge in [0, 0.05) is 81.3 Å². The Morgan fingerprint density at radius 3 is 1.51 bits per heavy atom. The van der Waals surface area contributed by atoms with E-state index < -0.39 is 275 Å². The lowest BCUT2D eigenvalue weighted by Crippen LogP contribution is -2.59. The molecule has 0 aliphatic carbocycles. The van der Waals surface area contributed by atoms with Crippen molar-refractivity contribution in [2.45, 2.75) is 207 Å². The number of halogens is 2. The fourth-order valence-electron chi connectivity index (χ4n) is 11.7. The van der Waals surface area contributed by atoms with E-state index in [0.717, 1.165) is 21.3 Å². The number of aliphatic carboxylic acids is 3. The predicted molar refractivity (Wildman–Crippen MR) is 411 cm³/mol. The SMILES string of the molecule is Cc1c(-c2cccc(CCC(=O)NCCCCCCCC(=O)N[C@H](CCC(=O)NC[C@H](O)[C@@H](O)[C@H](O)[C@H](O)CO)C(=O)N[C@H](CCC(=O)O)C(=O)N[C@H](CCC(=O)NC[C@H](O)[C@@H](O)[C@H](O)[C@H](O)CO)C(=O)NC[C@H](N)C(=O)N[C@@H](CC(=O)O)C(=O)N[C@@H](CS)C(=O)O)c2)c(=O)n(C[C@@H](N)c2ccccc2)c(=O)n1Cc1c(F)cccc1F. The quantitative estimate of drug-likeness (QED) is 0.0144. The minimum atomic E-state index is -2.14. The minimum absolute atomic E-state index is 0.00439. The minimum Gasteiger partial charge on any atom is -0.481 e. The van der Waals surface area contributed by atoms with Gasteiger partial charge in [-0.1, -0.05) is 79.9 Å². The van der Waals surface area contributed by atoms with Crippen molar-refractivity contribution in [2.75, 3.05) is 45.1 Å². The summed E-state index contributed by atoms with van der Waals surface area (Å²) in [6, 6.07) is 6.69. The number of nitrogens with zero attached hydrogens (tertiary/aromatic N) is 2. The lowest BCUT2D eigenvalue weighted by Gasteiger charge is -2.26. The van der Waals surface area contributed by atoms with Crippen LogP contribution in [-0.4, -0.2) is 277 Å². The molecule has 1 heterocycles. The van der Waals surface area contributed by atoms with Gasteiger partial charge >= 0.3 is 23.6 Å². The fraction of sp³-hybridized carbons (Fsp3) is 0.541. The molecular weight excluding hydrogens is 1570 g/mol. The highest BCUT2D eigenvalue weighted by atomic mass is 32.1. The molecule has 9 amide bonds. The number of nitrogens with two attached hydrogens (primary N) is 2. The summed E-state index contributed by atoms with van der Waals surface area (Å²) in [5.74, 6) is -16.6. The molecule has 4 aromatic rings. The van der Waals surface area contributed by atoms with Gasteiger partial charge in [0.1, 0.15) is 84.5 Å². The number of carbonyl (C=O) groups excluding carboxylic acids is 9. The third-order valence-electron chi connectivity index (χ3n) is 18.6. The Labute approximate surface area is 673 Å². The molecular formula is C74H105F2N13O27S. The molecule has 0 bridgehead atoms. The second-order valence-corrected chi connectivity index (χ2v) is 27.9. The Kier molecular flexibility index (Phi) is 42.6. The number of hydrogen-bond donors (Lipinski definition) is 25. The molecule has 0 spiro atoms. The van der Waals surface area contributed by atoms with E-state index in [1.165, 1.54) is 13.0 Å². The first-order chi connectivity index (χ1) is 55.3. The maximum absolute atomic E-state index is 15.0. The maximum Gasteiger partial charge on any atom is 0.331 e. The largest absolute Gasteiger partial charge is 0.481 e. The Balaban J connectivity index is 1.48. The average Bonchev–Trinajstić information content (AvgIpc) is 0.759. The second kappa shape index (κ2) is 50.4. The van der Waals surface area contributed by atoms with Crippen LogP contribution < -0.4 is 70.6 Å². The molecule has 117 heavy (non-hydrogen) atoms. The molecule has 0 saturated heterocycles. The zero-order valence-corrected chi connectivity index (χ0v) is 64.7. The van der Waals surface area contributed by atoms with Gasteiger partial charge in [-0.2, -0.15) is 12.6 Å². The van der Waals surface area contributed by atoms with Gasteiger partial charge in [-0.05, 0) is 74.3 Å². The summed E-state index contributed by atoms with van der Waals surface area (Å²) in [5.41, 5.74) is 12.3. The van der Waals surface area contributed by atoms with Crippen molar-refractivity contribution < 1.29 is 133 Å². The van der Waals surface area contributed by atoms with Gasteiger partial charge in [-0.25, -0.2) is 18.4 Å². The Morgan fingerprint density at radius 2 is 0.974 bits per heavy atom. The van der Waals surface area contributed by atoms with E-state index in [4.69, 9.17) is 21.7 Å². The number of aryl methyl sites for hydroxylation is 1. The normalized spacial score (nSPS) is 15.2. The third kappa shape index (κ3) is 33.0. The first-order valence-electron chi connectivity index (χ1n) is 37.3. The molecule has 26 N–H and O–H groups in total. The van der Waals surface area contributed by atoms with Gasteiger partial charge in [-0.3, -0.25) is 66.7 Å². The number of benzene rings is 3. The molecule has 0 radical (unpaired) electrons. The van der Waals surface area contributed by atoms with Crippen LogP contribution in [0.25, 0.3) is 11.1 Å². The molecule has 0 aliphatic rings. The van der Waals surface area contributed by atoms with E-state index in [1.807, 2.05) is 10.6 Å². The van der Waals surface area contributed by atoms with E-state index in [1.54, 1.807) is 54.6 Å². The Morgan fingerprint density at radius 1 is 0.487 bits per heavy atom. The molecule has 40 nitrogen and oxygen atoms in total. The van der Waals surface area contributed by atoms with Crippen LogP contribution >= 0.6 is 12.6 Å². The van der Waals surface area contributed by atoms with Crippen molar-refractivity contribution in [1.82, 2.24) is 57.0 Å². The predicted octanol–water partition coefficient (Wildman–Crippen LogP) is -6.71. The summed E-state index contributed by atoms with van der Waals surface area (Å²) in [5, 5.41) is 148. The topological polar surface area (TPSA) is 672 Å². The number of aliphatic hydroxyl groups is 10. The smallest absolute Gasteiger partial charge is 0.331 e. The van der Waals surface area contributed by atoms with Crippen LogP contribution in [0.5, 0.6) is 0 Å². The monoisotopic (exact) mass is 1680 g/mol. The van der Waals surface area contributed by atoms with E-state index in [9.17, 15) is 123 Å². The van der Waals surface area contributed by atoms with Crippen LogP contribution in [0.1, 0.15) is 118 Å². The molecule has 0 unspecified atom stereocenters. The van der Waals surface area contributed by atoms with Gasteiger partial charge in [-0.15, -0.1) is 0 Å². The summed E-state index contributed by atoms with van der Waals surface area (Å²) in [6.07, 6.45) is -19.7. The number of aliphatic hydroxyl groups excluding tert-OH is 10. The molecule has 15 atom stereocenters. The van der Waals surface area contributed by atoms with Crippen molar-refractivity contribution in [1.29, 1.82) is 0 Å². The van der Waals surface area contributed by atoms with Crippen LogP contribution in [0.2, 0.25) is 0 Å². The summed E-state index contributed by atoms with van der Waals surface area (Å²) in [6.45, 7) is -3.69. The van der Waals surface area contributed by atoms with E-state index in [-0.39, 0.29) is 55.9 Å². The standard InChI is InChI=1S/C74H105F2N13O27S/c1-38-62(72(113)89(34-46(78)40-13-6-5-7-14-40)74(116)88(38)33-42-43(75)16-11-17-44(42)76)41-15-10-12-39(28-41)19-23-56(96)79-27-9-4-2-3-8-18-59(99)83-48(21-25-58(98)81-32-53(93)64(105)66(107)55(95)36-91)69(110)85-49(22-26-60(100)101)70(111)84-47(20-24-57(97)80-31-52(92)63(104)65(106)54(94)35-90)68(109)82-30-45(77)67(108)86-50(29-61(102)103)71(112)87-51(37-117)73(114)115/h5-7,10-17,28,45-55,63-66,90-95,104-107,117H,2-4,8-9,18-27,29-37,77-78H2,1H3,(H,79,96)(H,80,97)(H,81,98)(H,82,109)(H,83,99)(H,84,111)(H,85,110)(H,86,108)(H,87,112)(H,100,101)(H,102,103)(H,114,115)/t45-,46+,47+,48+,49+,50-,51-,52-,53-,54+,55+,63+,64+,65+,66+/m0/s1. The number of hydrogen-bond acceptors (Lipinski definition) is 27. The highest BCUT2D eigenvalue weighted by Crippen LogP contribution is 2.24. The average molecular weight is 1680 g/mol. The van der Waals surface area contributed by atoms with Crippen molar-refractivity contribution in [3.05, 3.63) is 128 Å². The van der Waals surface area contributed by atoms with Crippen LogP contribution in [0, 0.1) is 18.6 Å². The number of carboxylic acids is 3. The molecule has 3 aromatic carbocycles. The lowest BCUT2D eigenvalue weighted by atomic mass is 10.00. The highest BCUT2D eigenvalue weighted by Gasteiger charge is 2.36. The van der Waals surface area contributed by atoms with Crippen LogP contribution in [0.15, 0.2) is 82.4 Å². The van der Waals surface area contributed by atoms with E-state index >= 15 is 8.78 Å². The number of unbranched alkanes of at least 4 members (excludes halogenated alkanes) is 4. The summed E-state index contributed by atoms with van der Waals surface area (Å²) < 4.78 is 32.1. The molecule has 648 valence electrons. The van der Waals surface area contributed by atoms with Crippen LogP contribution in [0.4, 0.5) is 8.78 Å². The van der Waals surface area contributed by atoms with Crippen molar-refractivity contribution in [3.8, 4) is 11.1 Å². The maximum atomic E-state index is 15.0. The number of carboxylic acid groups (broad SMARTS) is 3. The van der Waals surface area contributed by atoms with Crippen LogP contribution in [0.3, 0.4) is 0 Å². The van der Waals surface area contributed by atoms with Crippen molar-refractivity contribution in [3.63, 3.8) is 0 Å². The Bertz CT molecular complexity index is 4110. The molecule has 0 fully saturated rings. The molecule has 4 rings (SSSR count). The first kappa shape index (κ1) is 99.1. The first-order valence-corrected chi connectivity index (χ1v) is 37.9. The van der Waals surface area contributed by atoms with Gasteiger partial charge in [0.15, 0.2) is 0 Å². The third-order valence-corrected chi connectivity index (χ3v) is 19.0. The lowest BCUT2D eigenvalue weighted by molar-refractivity contribution is -0.143. The molecule has 1 aromatic heterocycles. The number of thiol groups is 1. The highest BCUT2D eigenvalue weighted by molar-refractivity contribution is 7.80. The van der Waals surface area contributed by atoms with Crippen molar-refractivity contribution >= 4 is 83.7 Å². The molecule has 43 heteroatoms. The van der Waals surface area contributed by atoms with Crippen molar-refractivity contribution in [2.24, 2.45) is 11.5 Å². The van der Waals surface area contributed by atoms with Gasteiger partial charge in [0.25, 0.3) is 5.56 Å². The number of amides is 9. The zero-order valence-electron chi connectivity index (χ0n) is 63.8. The van der Waals surface area contributed by atoms with Crippen LogP contribution in [-0.2, 0) is 77.0 Å². The number of nitrogens with one attached hydrogen (secondary N) is 9. The second-order valence-electron chi connectivity index (χ2n) is 27.6. The zero-order chi connectivity index (χ0) is 87.3. The summed E-state index contributed by atoms with van der Waals surface area (Å²) in [7, 11) is 0. The molecule has 0 aliphatic heterocycles. The number of rotatable bonds is 54. The van der Waals surface area contributed by atoms with E-state index in [2.05, 4.69) is 49.8 Å². The molecule has 0 saturated carbocycles. The summed E-state index contributed by atoms with van der Waals surface area (Å²) >= 11 is 3.81. The van der Waals surface area contributed by atoms with Gasteiger partial charge in [0.2, 0.25) is 53.2 Å². The number of aromatic nitrogens is 2. The summed E-state index contributed by atoms with van der Waals surface area (Å²) in [4.78, 5) is 185. The number of carbonyl (C=O) groups is 12. The van der Waals surface area contributed by atoms with E-state index in [0.29, 0.717) is 42.4 Å². The Hall–Kier alpha value is -10.3.